The van der Waals surface area contributed by atoms with Crippen molar-refractivity contribution in [3.8, 4) is 0 Å². The fourth-order valence-corrected chi connectivity index (χ4v) is 0.832. The second kappa shape index (κ2) is 7.03. The fourth-order valence-electron chi connectivity index (χ4n) is 0.730. The number of rotatable bonds is 6. The van der Waals surface area contributed by atoms with E-state index in [1.165, 1.54) is 0 Å². The molecule has 0 aliphatic rings. The van der Waals surface area contributed by atoms with Crippen molar-refractivity contribution in [2.45, 2.75) is 32.6 Å². The van der Waals surface area contributed by atoms with Crippen LogP contribution in [0.3, 0.4) is 0 Å². The molecule has 0 fully saturated rings. The van der Waals surface area contributed by atoms with E-state index in [1.54, 1.807) is 0 Å². The summed E-state index contributed by atoms with van der Waals surface area (Å²) < 4.78 is 0. The maximum atomic E-state index is 11.0. The van der Waals surface area contributed by atoms with Gasteiger partial charge in [0.2, 0.25) is 5.91 Å². The van der Waals surface area contributed by atoms with Gasteiger partial charge in [0.1, 0.15) is 0 Å². The van der Waals surface area contributed by atoms with Crippen molar-refractivity contribution >= 4 is 23.1 Å². The fraction of sp³-hybridized carbons (Fsp3) is 0.750. The second-order valence-electron chi connectivity index (χ2n) is 2.67. The van der Waals surface area contributed by atoms with Gasteiger partial charge in [-0.3, -0.25) is 4.79 Å². The minimum Gasteiger partial charge on any atom is -0.393 e. The van der Waals surface area contributed by atoms with Crippen LogP contribution in [-0.2, 0) is 4.79 Å². The highest BCUT2D eigenvalue weighted by molar-refractivity contribution is 7.80. The molecule has 0 heterocycles. The van der Waals surface area contributed by atoms with Gasteiger partial charge in [-0.15, -0.1) is 0 Å². The lowest BCUT2D eigenvalue weighted by Gasteiger charge is -2.02. The molecule has 0 aromatic carbocycles. The number of thiocarbonyl (C=S) groups is 1. The Balaban J connectivity index is 3.28. The molecule has 0 saturated heterocycles. The molecular formula is C8H16N2OS. The van der Waals surface area contributed by atoms with Gasteiger partial charge in [-0.05, 0) is 6.42 Å². The third-order valence-corrected chi connectivity index (χ3v) is 1.66. The van der Waals surface area contributed by atoms with Crippen LogP contribution >= 0.6 is 12.2 Å². The Morgan fingerprint density at radius 1 is 1.50 bits per heavy atom. The van der Waals surface area contributed by atoms with Crippen molar-refractivity contribution < 1.29 is 4.79 Å². The minimum absolute atomic E-state index is 0.0382. The number of unbranched alkanes of at least 4 members (excludes halogenated alkanes) is 1. The Morgan fingerprint density at radius 2 is 2.17 bits per heavy atom. The molecule has 0 radical (unpaired) electrons. The first-order chi connectivity index (χ1) is 5.66. The highest BCUT2D eigenvalue weighted by Gasteiger charge is 1.99. The predicted octanol–water partition coefficient (Wildman–Crippen LogP) is 0.969. The van der Waals surface area contributed by atoms with Crippen LogP contribution < -0.4 is 11.1 Å². The van der Waals surface area contributed by atoms with Crippen LogP contribution in [0.1, 0.15) is 32.6 Å². The van der Waals surface area contributed by atoms with Crippen molar-refractivity contribution in [1.82, 2.24) is 5.32 Å². The van der Waals surface area contributed by atoms with Gasteiger partial charge < -0.3 is 11.1 Å². The lowest BCUT2D eigenvalue weighted by molar-refractivity contribution is -0.120. The molecule has 0 rings (SSSR count). The standard InChI is InChI=1S/C8H16N2OS/c1-2-3-6-10-8(11)5-4-7(9)12/h2-6H2,1H3,(H2,9,12)(H,10,11). The van der Waals surface area contributed by atoms with Crippen molar-refractivity contribution in [3.63, 3.8) is 0 Å². The zero-order valence-corrected chi connectivity index (χ0v) is 8.25. The summed E-state index contributed by atoms with van der Waals surface area (Å²) in [6, 6.07) is 0. The predicted molar refractivity (Wildman–Crippen MR) is 53.9 cm³/mol. The van der Waals surface area contributed by atoms with Gasteiger partial charge in [0.15, 0.2) is 0 Å². The normalized spacial score (nSPS) is 9.42. The van der Waals surface area contributed by atoms with Crippen molar-refractivity contribution in [3.05, 3.63) is 0 Å². The molecule has 1 amide bonds. The van der Waals surface area contributed by atoms with E-state index in [1.807, 2.05) is 0 Å². The molecule has 0 spiro atoms. The zero-order valence-electron chi connectivity index (χ0n) is 7.43. The maximum Gasteiger partial charge on any atom is 0.220 e. The first kappa shape index (κ1) is 11.4. The Morgan fingerprint density at radius 3 is 2.67 bits per heavy atom. The van der Waals surface area contributed by atoms with Crippen LogP contribution in [0.5, 0.6) is 0 Å². The van der Waals surface area contributed by atoms with E-state index in [2.05, 4.69) is 24.5 Å². The van der Waals surface area contributed by atoms with Gasteiger partial charge in [-0.2, -0.15) is 0 Å². The highest BCUT2D eigenvalue weighted by atomic mass is 32.1. The quantitative estimate of drug-likeness (QED) is 0.482. The summed E-state index contributed by atoms with van der Waals surface area (Å²) in [5.74, 6) is 0.0382. The molecule has 0 atom stereocenters. The summed E-state index contributed by atoms with van der Waals surface area (Å²) in [4.78, 5) is 11.4. The number of nitrogens with one attached hydrogen (secondary N) is 1. The largest absolute Gasteiger partial charge is 0.393 e. The van der Waals surface area contributed by atoms with Crippen LogP contribution in [-0.4, -0.2) is 17.4 Å². The third kappa shape index (κ3) is 7.47. The highest BCUT2D eigenvalue weighted by Crippen LogP contribution is 1.89. The summed E-state index contributed by atoms with van der Waals surface area (Å²) in [5, 5.41) is 2.78. The average molecular weight is 188 g/mol. The lowest BCUT2D eigenvalue weighted by atomic mass is 10.3. The van der Waals surface area contributed by atoms with E-state index in [-0.39, 0.29) is 5.91 Å². The van der Waals surface area contributed by atoms with E-state index in [4.69, 9.17) is 5.73 Å². The number of hydrogen-bond acceptors (Lipinski definition) is 2. The number of carbonyl (C=O) groups is 1. The molecule has 0 aromatic heterocycles. The van der Waals surface area contributed by atoms with Gasteiger partial charge in [0, 0.05) is 19.4 Å². The molecule has 70 valence electrons. The van der Waals surface area contributed by atoms with Crippen molar-refractivity contribution in [2.75, 3.05) is 6.54 Å². The monoisotopic (exact) mass is 188 g/mol. The van der Waals surface area contributed by atoms with Crippen LogP contribution in [0, 0.1) is 0 Å². The van der Waals surface area contributed by atoms with Crippen molar-refractivity contribution in [2.24, 2.45) is 5.73 Å². The molecule has 0 bridgehead atoms. The lowest BCUT2D eigenvalue weighted by Crippen LogP contribution is -2.25. The SMILES string of the molecule is CCCCNC(=O)CCC(N)=S. The summed E-state index contributed by atoms with van der Waals surface area (Å²) in [7, 11) is 0. The van der Waals surface area contributed by atoms with Gasteiger partial charge in [0.25, 0.3) is 0 Å². The van der Waals surface area contributed by atoms with Crippen LogP contribution in [0.15, 0.2) is 0 Å². The molecular weight excluding hydrogens is 172 g/mol. The maximum absolute atomic E-state index is 11.0. The minimum atomic E-state index is 0.0382. The van der Waals surface area contributed by atoms with Crippen molar-refractivity contribution in [1.29, 1.82) is 0 Å². The molecule has 0 aliphatic heterocycles. The average Bonchev–Trinajstić information content (AvgIpc) is 2.01. The van der Waals surface area contributed by atoms with Gasteiger partial charge >= 0.3 is 0 Å². The molecule has 0 aliphatic carbocycles. The summed E-state index contributed by atoms with van der Waals surface area (Å²) in [6.45, 7) is 2.84. The molecule has 0 saturated carbocycles. The summed E-state index contributed by atoms with van der Waals surface area (Å²) in [6.07, 6.45) is 3.04. The van der Waals surface area contributed by atoms with E-state index >= 15 is 0 Å². The summed E-state index contributed by atoms with van der Waals surface area (Å²) >= 11 is 4.65. The number of carbonyl (C=O) groups excluding carboxylic acids is 1. The molecule has 4 heteroatoms. The first-order valence-electron chi connectivity index (χ1n) is 4.21. The van der Waals surface area contributed by atoms with Gasteiger partial charge in [-0.1, -0.05) is 25.6 Å². The molecule has 3 N–H and O–H groups in total. The van der Waals surface area contributed by atoms with E-state index in [0.29, 0.717) is 17.8 Å². The van der Waals surface area contributed by atoms with E-state index < -0.39 is 0 Å². The number of hydrogen-bond donors (Lipinski definition) is 2. The zero-order chi connectivity index (χ0) is 9.40. The van der Waals surface area contributed by atoms with Crippen LogP contribution in [0.25, 0.3) is 0 Å². The Bertz CT molecular complexity index is 159. The van der Waals surface area contributed by atoms with Gasteiger partial charge in [0.05, 0.1) is 4.99 Å². The summed E-state index contributed by atoms with van der Waals surface area (Å²) in [5.41, 5.74) is 5.25. The number of nitrogens with two attached hydrogens (primary N) is 1. The Labute approximate surface area is 78.7 Å². The molecule has 0 unspecified atom stereocenters. The molecule has 0 aromatic rings. The number of amides is 1. The molecule has 3 nitrogen and oxygen atoms in total. The molecule has 12 heavy (non-hydrogen) atoms. The van der Waals surface area contributed by atoms with E-state index in [9.17, 15) is 4.79 Å². The first-order valence-corrected chi connectivity index (χ1v) is 4.62. The third-order valence-electron chi connectivity index (χ3n) is 1.45. The Kier molecular flexibility index (Phi) is 6.66. The Hall–Kier alpha value is -0.640. The van der Waals surface area contributed by atoms with E-state index in [0.717, 1.165) is 19.4 Å². The topological polar surface area (TPSA) is 55.1 Å². The van der Waals surface area contributed by atoms with Gasteiger partial charge in [-0.25, -0.2) is 0 Å². The van der Waals surface area contributed by atoms with Crippen LogP contribution in [0.4, 0.5) is 0 Å². The smallest absolute Gasteiger partial charge is 0.220 e. The second-order valence-corrected chi connectivity index (χ2v) is 3.19. The van der Waals surface area contributed by atoms with Crippen LogP contribution in [0.2, 0.25) is 0 Å².